The van der Waals surface area contributed by atoms with Gasteiger partial charge in [-0.2, -0.15) is 4.31 Å². The summed E-state index contributed by atoms with van der Waals surface area (Å²) in [5.41, 5.74) is 0.714. The minimum absolute atomic E-state index is 0.0558. The van der Waals surface area contributed by atoms with E-state index >= 15 is 0 Å². The quantitative estimate of drug-likeness (QED) is 0.637. The standard InChI is InChI=1S/C23H37N3O4S/c1-7-12-25(6)16-22-18(2)15-26(19(3)17-27)31(28,29)23-11-10-20(14-21(23)30-22)9-8-13-24(4)5/h10-11,14,18-19,22,27H,7,12-13,15-17H2,1-6H3/t18-,19+,22-/m0/s1. The minimum atomic E-state index is -3.82. The summed E-state index contributed by atoms with van der Waals surface area (Å²) >= 11 is 0. The van der Waals surface area contributed by atoms with Crippen molar-refractivity contribution in [3.63, 3.8) is 0 Å². The molecular formula is C23H37N3O4S. The van der Waals surface area contributed by atoms with E-state index in [1.54, 1.807) is 25.1 Å². The van der Waals surface area contributed by atoms with Crippen molar-refractivity contribution in [2.24, 2.45) is 5.92 Å². The molecule has 174 valence electrons. The Kier molecular flexibility index (Phi) is 9.34. The van der Waals surface area contributed by atoms with Crippen LogP contribution in [0.5, 0.6) is 5.75 Å². The smallest absolute Gasteiger partial charge is 0.247 e. The largest absolute Gasteiger partial charge is 0.487 e. The number of sulfonamides is 1. The number of ether oxygens (including phenoxy) is 1. The second-order valence-electron chi connectivity index (χ2n) is 8.70. The highest BCUT2D eigenvalue weighted by atomic mass is 32.2. The number of nitrogens with zero attached hydrogens (tertiary/aromatic N) is 3. The van der Waals surface area contributed by atoms with Crippen LogP contribution >= 0.6 is 0 Å². The normalized spacial score (nSPS) is 22.1. The van der Waals surface area contributed by atoms with Gasteiger partial charge in [-0.3, -0.25) is 4.90 Å². The van der Waals surface area contributed by atoms with Gasteiger partial charge in [-0.15, -0.1) is 0 Å². The number of hydrogen-bond acceptors (Lipinski definition) is 6. The predicted octanol–water partition coefficient (Wildman–Crippen LogP) is 1.71. The molecule has 0 saturated carbocycles. The molecular weight excluding hydrogens is 414 g/mol. The molecule has 0 bridgehead atoms. The average molecular weight is 452 g/mol. The molecule has 0 aromatic heterocycles. The Balaban J connectivity index is 2.52. The van der Waals surface area contributed by atoms with Gasteiger partial charge in [0.05, 0.1) is 13.2 Å². The molecule has 0 saturated heterocycles. The topological polar surface area (TPSA) is 73.3 Å². The van der Waals surface area contributed by atoms with E-state index in [2.05, 4.69) is 23.7 Å². The van der Waals surface area contributed by atoms with Gasteiger partial charge in [-0.25, -0.2) is 8.42 Å². The van der Waals surface area contributed by atoms with Crippen LogP contribution in [0.4, 0.5) is 0 Å². The van der Waals surface area contributed by atoms with E-state index < -0.39 is 16.1 Å². The monoisotopic (exact) mass is 451 g/mol. The van der Waals surface area contributed by atoms with Crippen LogP contribution < -0.4 is 4.74 Å². The zero-order chi connectivity index (χ0) is 23.2. The fraction of sp³-hybridized carbons (Fsp3) is 0.652. The van der Waals surface area contributed by atoms with Gasteiger partial charge in [0.25, 0.3) is 0 Å². The lowest BCUT2D eigenvalue weighted by Gasteiger charge is -2.37. The third-order valence-electron chi connectivity index (χ3n) is 5.39. The summed E-state index contributed by atoms with van der Waals surface area (Å²) in [7, 11) is 2.12. The maximum absolute atomic E-state index is 13.5. The van der Waals surface area contributed by atoms with Gasteiger partial charge in [-0.1, -0.05) is 25.7 Å². The second-order valence-corrected chi connectivity index (χ2v) is 10.6. The summed E-state index contributed by atoms with van der Waals surface area (Å²) in [4.78, 5) is 4.30. The molecule has 0 radical (unpaired) electrons. The molecule has 1 aliphatic rings. The molecule has 1 aliphatic heterocycles. The highest BCUT2D eigenvalue weighted by Crippen LogP contribution is 2.34. The molecule has 0 fully saturated rings. The first-order valence-corrected chi connectivity index (χ1v) is 12.3. The van der Waals surface area contributed by atoms with E-state index in [-0.39, 0.29) is 23.5 Å². The van der Waals surface area contributed by atoms with Crippen molar-refractivity contribution >= 4 is 10.0 Å². The number of aliphatic hydroxyl groups is 1. The van der Waals surface area contributed by atoms with Crippen molar-refractivity contribution in [1.82, 2.24) is 14.1 Å². The van der Waals surface area contributed by atoms with Crippen LogP contribution in [-0.4, -0.2) is 93.7 Å². The zero-order valence-corrected chi connectivity index (χ0v) is 20.4. The Morgan fingerprint density at radius 1 is 1.32 bits per heavy atom. The molecule has 0 spiro atoms. The molecule has 1 N–H and O–H groups in total. The summed E-state index contributed by atoms with van der Waals surface area (Å²) in [5, 5.41) is 9.72. The van der Waals surface area contributed by atoms with E-state index in [1.807, 2.05) is 33.0 Å². The number of rotatable bonds is 7. The van der Waals surface area contributed by atoms with Crippen LogP contribution in [0, 0.1) is 17.8 Å². The Morgan fingerprint density at radius 2 is 2.03 bits per heavy atom. The minimum Gasteiger partial charge on any atom is -0.487 e. The van der Waals surface area contributed by atoms with Crippen LogP contribution in [0.25, 0.3) is 0 Å². The Bertz CT molecular complexity index is 892. The third kappa shape index (κ3) is 6.67. The number of fused-ring (bicyclic) bond motifs is 1. The second kappa shape index (κ2) is 11.3. The van der Waals surface area contributed by atoms with Gasteiger partial charge in [0.15, 0.2) is 0 Å². The van der Waals surface area contributed by atoms with Crippen molar-refractivity contribution in [2.45, 2.75) is 44.2 Å². The van der Waals surface area contributed by atoms with Crippen molar-refractivity contribution in [1.29, 1.82) is 0 Å². The molecule has 0 unspecified atom stereocenters. The lowest BCUT2D eigenvalue weighted by atomic mass is 10.0. The van der Waals surface area contributed by atoms with Gasteiger partial charge in [0.2, 0.25) is 10.0 Å². The number of benzene rings is 1. The summed E-state index contributed by atoms with van der Waals surface area (Å²) in [6, 6.07) is 4.49. The van der Waals surface area contributed by atoms with Gasteiger partial charge in [-0.05, 0) is 59.2 Å². The third-order valence-corrected chi connectivity index (χ3v) is 7.41. The first kappa shape index (κ1) is 25.6. The first-order valence-electron chi connectivity index (χ1n) is 10.9. The van der Waals surface area contributed by atoms with E-state index in [4.69, 9.17) is 4.74 Å². The van der Waals surface area contributed by atoms with Gasteiger partial charge < -0.3 is 14.7 Å². The molecule has 7 nitrogen and oxygen atoms in total. The van der Waals surface area contributed by atoms with Crippen LogP contribution in [0.3, 0.4) is 0 Å². The maximum Gasteiger partial charge on any atom is 0.247 e. The lowest BCUT2D eigenvalue weighted by Crippen LogP contribution is -2.49. The zero-order valence-electron chi connectivity index (χ0n) is 19.6. The van der Waals surface area contributed by atoms with Crippen LogP contribution in [0.2, 0.25) is 0 Å². The van der Waals surface area contributed by atoms with E-state index in [0.29, 0.717) is 30.9 Å². The molecule has 0 aliphatic carbocycles. The van der Waals surface area contributed by atoms with Crippen molar-refractivity contribution in [2.75, 3.05) is 53.9 Å². The van der Waals surface area contributed by atoms with Crippen molar-refractivity contribution < 1.29 is 18.3 Å². The SMILES string of the molecule is CCCN(C)C[C@@H]1Oc2cc(C#CCN(C)C)ccc2S(=O)(=O)N([C@H](C)CO)C[C@@H]1C. The van der Waals surface area contributed by atoms with Crippen LogP contribution in [0.1, 0.15) is 32.8 Å². The van der Waals surface area contributed by atoms with E-state index in [0.717, 1.165) is 13.0 Å². The van der Waals surface area contributed by atoms with Crippen LogP contribution in [-0.2, 0) is 10.0 Å². The Hall–Kier alpha value is -1.63. The average Bonchev–Trinajstić information content (AvgIpc) is 2.70. The highest BCUT2D eigenvalue weighted by molar-refractivity contribution is 7.89. The fourth-order valence-corrected chi connectivity index (χ4v) is 5.43. The Labute approximate surface area is 188 Å². The molecule has 3 atom stereocenters. The number of hydrogen-bond donors (Lipinski definition) is 1. The molecule has 0 amide bonds. The van der Waals surface area contributed by atoms with Gasteiger partial charge in [0.1, 0.15) is 16.7 Å². The molecule has 1 aromatic carbocycles. The van der Waals surface area contributed by atoms with Crippen LogP contribution in [0.15, 0.2) is 23.1 Å². The van der Waals surface area contributed by atoms with E-state index in [1.165, 1.54) is 4.31 Å². The molecule has 1 aromatic rings. The van der Waals surface area contributed by atoms with E-state index in [9.17, 15) is 13.5 Å². The summed E-state index contributed by atoms with van der Waals surface area (Å²) in [6.07, 6.45) is 0.839. The van der Waals surface area contributed by atoms with Crippen molar-refractivity contribution in [3.8, 4) is 17.6 Å². The highest BCUT2D eigenvalue weighted by Gasteiger charge is 2.38. The summed E-state index contributed by atoms with van der Waals surface area (Å²) in [6.45, 7) is 8.14. The first-order chi connectivity index (χ1) is 14.6. The maximum atomic E-state index is 13.5. The van der Waals surface area contributed by atoms with Gasteiger partial charge in [0, 0.05) is 30.6 Å². The van der Waals surface area contributed by atoms with Gasteiger partial charge >= 0.3 is 0 Å². The molecule has 1 heterocycles. The Morgan fingerprint density at radius 3 is 2.65 bits per heavy atom. The number of aliphatic hydroxyl groups excluding tert-OH is 1. The predicted molar refractivity (Wildman–Crippen MR) is 124 cm³/mol. The number of likely N-dealkylation sites (N-methyl/N-ethyl adjacent to an activating group) is 1. The fourth-order valence-electron chi connectivity index (χ4n) is 3.60. The molecule has 2 rings (SSSR count). The summed E-state index contributed by atoms with van der Waals surface area (Å²) in [5.74, 6) is 6.44. The van der Waals surface area contributed by atoms with Crippen molar-refractivity contribution in [3.05, 3.63) is 23.8 Å². The lowest BCUT2D eigenvalue weighted by molar-refractivity contribution is 0.0752. The molecule has 31 heavy (non-hydrogen) atoms. The summed E-state index contributed by atoms with van der Waals surface area (Å²) < 4.78 is 34.7. The molecule has 8 heteroatoms.